The number of benzene rings is 10. The molecule has 0 spiro atoms. The molecule has 0 bridgehead atoms. The molecule has 2 heterocycles. The van der Waals surface area contributed by atoms with Crippen LogP contribution in [0.1, 0.15) is 5.56 Å². The highest BCUT2D eigenvalue weighted by molar-refractivity contribution is 6.21. The van der Waals surface area contributed by atoms with E-state index in [0.717, 1.165) is 66.3 Å². The van der Waals surface area contributed by atoms with E-state index >= 15 is 0 Å². The van der Waals surface area contributed by atoms with Crippen LogP contribution >= 0.6 is 0 Å². The summed E-state index contributed by atoms with van der Waals surface area (Å²) >= 11 is 0. The van der Waals surface area contributed by atoms with Crippen LogP contribution in [0.15, 0.2) is 212 Å². The molecule has 0 saturated carbocycles. The summed E-state index contributed by atoms with van der Waals surface area (Å²) in [6.07, 6.45) is -4.48. The summed E-state index contributed by atoms with van der Waals surface area (Å²) in [7, 11) is 0. The smallest absolute Gasteiger partial charge is 0.309 e. The van der Waals surface area contributed by atoms with Gasteiger partial charge in [0.1, 0.15) is 0 Å². The Morgan fingerprint density at radius 1 is 0.274 bits per heavy atom. The van der Waals surface area contributed by atoms with E-state index in [1.165, 1.54) is 44.8 Å². The number of alkyl halides is 3. The molecule has 0 fully saturated rings. The SMILES string of the molecule is FC(F)(F)c1ccc2c(c1)c1cc(-c3ccc(-n4c5ccccc5c5ccccc54)cc3)ccc1n2-c1ccc(-c2c3ccccc3c(-c3ccccc3)c3ccccc23)cc1. The second kappa shape index (κ2) is 13.8. The molecule has 10 aromatic carbocycles. The van der Waals surface area contributed by atoms with Crippen LogP contribution in [0.4, 0.5) is 13.2 Å². The molecule has 0 radical (unpaired) electrons. The lowest BCUT2D eigenvalue weighted by Gasteiger charge is -2.18. The van der Waals surface area contributed by atoms with Crippen LogP contribution in [0.5, 0.6) is 0 Å². The van der Waals surface area contributed by atoms with Gasteiger partial charge in [-0.05, 0) is 122 Å². The van der Waals surface area contributed by atoms with Gasteiger partial charge < -0.3 is 9.13 Å². The molecule has 0 aliphatic heterocycles. The minimum Gasteiger partial charge on any atom is -0.309 e. The summed E-state index contributed by atoms with van der Waals surface area (Å²) in [4.78, 5) is 0. The van der Waals surface area contributed by atoms with Crippen LogP contribution in [0.3, 0.4) is 0 Å². The lowest BCUT2D eigenvalue weighted by atomic mass is 9.86. The minimum absolute atomic E-state index is 0.552. The molecule has 12 rings (SSSR count). The zero-order valence-electron chi connectivity index (χ0n) is 33.2. The summed E-state index contributed by atoms with van der Waals surface area (Å²) in [6.45, 7) is 0. The largest absolute Gasteiger partial charge is 0.416 e. The fraction of sp³-hybridized carbons (Fsp3) is 0.0175. The van der Waals surface area contributed by atoms with Gasteiger partial charge in [-0.25, -0.2) is 0 Å². The molecule has 12 aromatic rings. The van der Waals surface area contributed by atoms with E-state index in [1.807, 2.05) is 18.2 Å². The van der Waals surface area contributed by atoms with E-state index < -0.39 is 11.7 Å². The van der Waals surface area contributed by atoms with Crippen LogP contribution in [0, 0.1) is 0 Å². The lowest BCUT2D eigenvalue weighted by Crippen LogP contribution is -2.04. The van der Waals surface area contributed by atoms with E-state index in [9.17, 15) is 13.2 Å². The molecule has 0 unspecified atom stereocenters. The second-order valence-electron chi connectivity index (χ2n) is 16.0. The summed E-state index contributed by atoms with van der Waals surface area (Å²) in [5.41, 5.74) is 11.5. The Morgan fingerprint density at radius 3 is 1.15 bits per heavy atom. The fourth-order valence-electron chi connectivity index (χ4n) is 9.79. The molecule has 0 N–H and O–H groups in total. The average Bonchev–Trinajstić information content (AvgIpc) is 3.83. The van der Waals surface area contributed by atoms with Crippen molar-refractivity contribution in [3.63, 3.8) is 0 Å². The van der Waals surface area contributed by atoms with Gasteiger partial charge in [0, 0.05) is 32.9 Å². The molecule has 2 nitrogen and oxygen atoms in total. The van der Waals surface area contributed by atoms with Crippen molar-refractivity contribution in [3.8, 4) is 44.8 Å². The van der Waals surface area contributed by atoms with Gasteiger partial charge in [0.25, 0.3) is 0 Å². The van der Waals surface area contributed by atoms with E-state index in [1.54, 1.807) is 6.07 Å². The predicted molar refractivity (Wildman–Crippen MR) is 251 cm³/mol. The highest BCUT2D eigenvalue weighted by Crippen LogP contribution is 2.45. The van der Waals surface area contributed by atoms with E-state index in [-0.39, 0.29) is 0 Å². The predicted octanol–water partition coefficient (Wildman–Crippen LogP) is 16.2. The summed E-state index contributed by atoms with van der Waals surface area (Å²) in [6, 6.07) is 71.6. The van der Waals surface area contributed by atoms with Crippen molar-refractivity contribution >= 4 is 65.2 Å². The number of halogens is 3. The standard InChI is InChI=1S/C57H35F3N2/c58-57(59,60)40-27-33-54-50(35-40)49-34-39(36-22-28-41(29-23-36)61-51-20-10-8-14-43(51)44-15-9-11-21-52(44)61)26-32-53(49)62(54)42-30-24-38(25-31-42)56-47-18-6-4-16-45(47)55(37-12-2-1-3-13-37)46-17-5-7-19-48(46)56/h1-35H. The van der Waals surface area contributed by atoms with Crippen LogP contribution < -0.4 is 0 Å². The summed E-state index contributed by atoms with van der Waals surface area (Å²) in [5.74, 6) is 0. The topological polar surface area (TPSA) is 9.86 Å². The number of rotatable bonds is 5. The Bertz CT molecular complexity index is 3600. The van der Waals surface area contributed by atoms with Crippen LogP contribution in [-0.2, 0) is 6.18 Å². The molecule has 62 heavy (non-hydrogen) atoms. The van der Waals surface area contributed by atoms with Crippen LogP contribution in [-0.4, -0.2) is 9.13 Å². The maximum Gasteiger partial charge on any atom is 0.416 e. The van der Waals surface area contributed by atoms with Crippen LogP contribution in [0.2, 0.25) is 0 Å². The van der Waals surface area contributed by atoms with Crippen molar-refractivity contribution < 1.29 is 13.2 Å². The Balaban J connectivity index is 0.988. The molecule has 5 heteroatoms. The zero-order chi connectivity index (χ0) is 41.5. The quantitative estimate of drug-likeness (QED) is 0.153. The molecule has 294 valence electrons. The van der Waals surface area contributed by atoms with Gasteiger partial charge in [0.2, 0.25) is 0 Å². The van der Waals surface area contributed by atoms with E-state index in [2.05, 4.69) is 185 Å². The molecule has 0 saturated heterocycles. The van der Waals surface area contributed by atoms with Gasteiger partial charge in [-0.15, -0.1) is 0 Å². The normalized spacial score (nSPS) is 12.1. The van der Waals surface area contributed by atoms with Gasteiger partial charge in [-0.2, -0.15) is 13.2 Å². The van der Waals surface area contributed by atoms with Crippen molar-refractivity contribution in [1.29, 1.82) is 0 Å². The van der Waals surface area contributed by atoms with Crippen molar-refractivity contribution in [2.45, 2.75) is 6.18 Å². The number of aromatic nitrogens is 2. The summed E-state index contributed by atoms with van der Waals surface area (Å²) < 4.78 is 47.2. The summed E-state index contributed by atoms with van der Waals surface area (Å²) in [5, 5.41) is 8.37. The Hall–Kier alpha value is -7.89. The first-order chi connectivity index (χ1) is 30.4. The first kappa shape index (κ1) is 36.0. The molecule has 0 aliphatic carbocycles. The van der Waals surface area contributed by atoms with E-state index in [4.69, 9.17) is 0 Å². The fourth-order valence-corrected chi connectivity index (χ4v) is 9.79. The minimum atomic E-state index is -4.48. The highest BCUT2D eigenvalue weighted by atomic mass is 19.4. The Morgan fingerprint density at radius 2 is 0.645 bits per heavy atom. The first-order valence-electron chi connectivity index (χ1n) is 20.7. The molecule has 0 atom stereocenters. The van der Waals surface area contributed by atoms with Gasteiger partial charge in [-0.3, -0.25) is 0 Å². The lowest BCUT2D eigenvalue weighted by molar-refractivity contribution is -0.137. The van der Waals surface area contributed by atoms with Crippen molar-refractivity contribution in [3.05, 3.63) is 218 Å². The van der Waals surface area contributed by atoms with Gasteiger partial charge in [-0.1, -0.05) is 146 Å². The molecule has 0 amide bonds. The van der Waals surface area contributed by atoms with Crippen LogP contribution in [0.25, 0.3) is 110 Å². The van der Waals surface area contributed by atoms with Gasteiger partial charge in [0.05, 0.1) is 27.6 Å². The monoisotopic (exact) mass is 804 g/mol. The third kappa shape index (κ3) is 5.59. The van der Waals surface area contributed by atoms with Crippen molar-refractivity contribution in [2.24, 2.45) is 0 Å². The van der Waals surface area contributed by atoms with Crippen molar-refractivity contribution in [2.75, 3.05) is 0 Å². The maximum absolute atomic E-state index is 14.3. The van der Waals surface area contributed by atoms with E-state index in [0.29, 0.717) is 10.9 Å². The van der Waals surface area contributed by atoms with Crippen molar-refractivity contribution in [1.82, 2.24) is 9.13 Å². The second-order valence-corrected chi connectivity index (χ2v) is 16.0. The number of hydrogen-bond donors (Lipinski definition) is 0. The first-order valence-corrected chi connectivity index (χ1v) is 20.7. The number of para-hydroxylation sites is 2. The zero-order valence-corrected chi connectivity index (χ0v) is 33.2. The highest BCUT2D eigenvalue weighted by Gasteiger charge is 2.31. The van der Waals surface area contributed by atoms with Gasteiger partial charge in [0.15, 0.2) is 0 Å². The molecule has 0 aliphatic rings. The third-order valence-corrected chi connectivity index (χ3v) is 12.5. The van der Waals surface area contributed by atoms with Gasteiger partial charge >= 0.3 is 6.18 Å². The number of hydrogen-bond acceptors (Lipinski definition) is 0. The number of nitrogens with zero attached hydrogens (tertiary/aromatic N) is 2. The molecular formula is C57H35F3N2. The Kier molecular flexibility index (Phi) is 8.03. The third-order valence-electron chi connectivity index (χ3n) is 12.5. The average molecular weight is 805 g/mol. The Labute approximate surface area is 355 Å². The molecule has 2 aromatic heterocycles. The maximum atomic E-state index is 14.3. The number of fused-ring (bicyclic) bond motifs is 8. The molecular weight excluding hydrogens is 770 g/mol.